The van der Waals surface area contributed by atoms with Crippen molar-refractivity contribution in [2.24, 2.45) is 0 Å². The molecule has 0 fully saturated rings. The molecule has 0 atom stereocenters. The summed E-state index contributed by atoms with van der Waals surface area (Å²) in [6.45, 7) is 56.2. The van der Waals surface area contributed by atoms with Crippen LogP contribution < -0.4 is 0 Å². The van der Waals surface area contributed by atoms with E-state index in [0.717, 1.165) is 20.9 Å². The molecular formula is C92H102S2. The molecule has 1 aromatic carbocycles. The fraction of sp³-hybridized carbons (Fsp3) is 0.370. The number of hydrogen-bond donors (Lipinski definition) is 0. The summed E-state index contributed by atoms with van der Waals surface area (Å²) in [6.07, 6.45) is 0. The van der Waals surface area contributed by atoms with Gasteiger partial charge in [-0.2, -0.15) is 0 Å². The zero-order valence-electron chi connectivity index (χ0n) is 61.1. The van der Waals surface area contributed by atoms with Crippen LogP contribution in [0.15, 0.2) is 170 Å². The smallest absolute Gasteiger partial charge is 0.0775 e. The summed E-state index contributed by atoms with van der Waals surface area (Å²) in [6, 6.07) is 66.2. The number of benzene rings is 1. The van der Waals surface area contributed by atoms with Crippen molar-refractivity contribution in [3.8, 4) is 68.2 Å². The first-order valence-corrected chi connectivity index (χ1v) is 35.9. The van der Waals surface area contributed by atoms with Crippen LogP contribution in [0.2, 0.25) is 0 Å². The molecule has 2 heterocycles. The van der Waals surface area contributed by atoms with Gasteiger partial charge in [0.05, 0.1) is 9.75 Å². The Morgan fingerprint density at radius 3 is 0.638 bits per heavy atom. The maximum absolute atomic E-state index is 3.65. The minimum atomic E-state index is -0.0688. The van der Waals surface area contributed by atoms with E-state index in [1.54, 1.807) is 0 Å². The molecule has 0 nitrogen and oxygen atoms in total. The standard InChI is InChI=1S/C92H102S2/c1-85(2,3)59-31-43-65-69(47-35-59)77(89(13,14)15)53-73(65)83(74-54-78(90(16,17)18)70-48-36-60(86(4,5)6)32-44-66(70)74)81-51-41-63(93-81)39-29-57-25-27-58(28-26-57)30-40-64-42-52-82(94-64)84(75-55-79(91(19,20)21)71-49-37-61(87(7,8)9)33-45-67(71)75)76-56-80(92(22,23)24)72-50-38-62(88(10,11)12)34-46-68(72)76/h25-28,31-38,41-56,83-84H,1-24H3. The lowest BCUT2D eigenvalue weighted by atomic mass is 9.85. The van der Waals surface area contributed by atoms with Crippen molar-refractivity contribution in [2.45, 2.75) is 221 Å². The Morgan fingerprint density at radius 2 is 0.436 bits per heavy atom. The molecule has 0 N–H and O–H groups in total. The van der Waals surface area contributed by atoms with E-state index in [9.17, 15) is 0 Å². The van der Waals surface area contributed by atoms with Crippen LogP contribution in [0.5, 0.6) is 0 Å². The minimum Gasteiger partial charge on any atom is -0.131 e. The summed E-state index contributed by atoms with van der Waals surface area (Å²) in [5, 5.41) is 0. The Balaban J connectivity index is 0.971. The van der Waals surface area contributed by atoms with E-state index in [0.29, 0.717) is 0 Å². The molecule has 11 rings (SSSR count). The molecule has 0 saturated carbocycles. The van der Waals surface area contributed by atoms with Gasteiger partial charge in [0.1, 0.15) is 0 Å². The van der Waals surface area contributed by atoms with Gasteiger partial charge in [0, 0.05) is 32.7 Å². The van der Waals surface area contributed by atoms with Gasteiger partial charge in [0.15, 0.2) is 0 Å². The second-order valence-corrected chi connectivity index (χ2v) is 37.4. The first kappa shape index (κ1) is 67.9. The Kier molecular flexibility index (Phi) is 17.6. The fourth-order valence-corrected chi connectivity index (χ4v) is 16.0. The van der Waals surface area contributed by atoms with E-state index in [4.69, 9.17) is 0 Å². The zero-order valence-corrected chi connectivity index (χ0v) is 62.8. The largest absolute Gasteiger partial charge is 0.131 e. The highest BCUT2D eigenvalue weighted by Crippen LogP contribution is 2.54. The maximum atomic E-state index is 3.65. The van der Waals surface area contributed by atoms with Crippen LogP contribution in [0.1, 0.15) is 275 Å². The fourth-order valence-electron chi connectivity index (χ4n) is 14.0. The number of rotatable bonds is 6. The van der Waals surface area contributed by atoms with Crippen LogP contribution in [0.4, 0.5) is 0 Å². The van der Waals surface area contributed by atoms with Crippen molar-refractivity contribution in [3.05, 3.63) is 267 Å². The van der Waals surface area contributed by atoms with Crippen LogP contribution in [0.25, 0.3) is 44.5 Å². The molecule has 8 aliphatic carbocycles. The van der Waals surface area contributed by atoms with E-state index < -0.39 is 0 Å². The normalized spacial score (nSPS) is 13.1. The summed E-state index contributed by atoms with van der Waals surface area (Å²) in [5.74, 6) is 14.4. The molecular weight excluding hydrogens is 1170 g/mol. The number of hydrogen-bond acceptors (Lipinski definition) is 2. The SMILES string of the molecule is CC(C)(C)c1ccc2c(C(c3ccc(C#Cc4ccc(C#Cc5ccc(C(c6cc(C(C)(C)C)c7ccc(C(C)(C)C)ccc6-7)c6cc(C(C)(C)C)c7ccc(C(C)(C)C)ccc6-7)s5)cc4)s3)c3cc(C(C)(C)C)c4ccc(C(C)(C)C)ccc3-4)cc(C(C)(C)C)c-2cc1. The van der Waals surface area contributed by atoms with Crippen LogP contribution in [0, 0.1) is 23.7 Å². The van der Waals surface area contributed by atoms with E-state index in [2.05, 4.69) is 360 Å². The molecule has 8 aliphatic rings. The highest BCUT2D eigenvalue weighted by Gasteiger charge is 2.37. The molecule has 2 heteroatoms. The Morgan fingerprint density at radius 1 is 0.223 bits per heavy atom. The summed E-state index contributed by atoms with van der Waals surface area (Å²) in [5.41, 5.74) is 28.6. The second kappa shape index (κ2) is 24.3. The first-order chi connectivity index (χ1) is 43.6. The molecule has 0 unspecified atom stereocenters. The van der Waals surface area contributed by atoms with Crippen molar-refractivity contribution >= 4 is 22.7 Å². The van der Waals surface area contributed by atoms with Crippen LogP contribution in [-0.2, 0) is 43.3 Å². The lowest BCUT2D eigenvalue weighted by molar-refractivity contribution is 0.590. The van der Waals surface area contributed by atoms with Gasteiger partial charge in [-0.1, -0.05) is 311 Å². The predicted molar refractivity (Wildman–Crippen MR) is 411 cm³/mol. The average molecular weight is 1270 g/mol. The molecule has 0 bridgehead atoms. The van der Waals surface area contributed by atoms with Gasteiger partial charge in [-0.3, -0.25) is 0 Å². The van der Waals surface area contributed by atoms with Gasteiger partial charge >= 0.3 is 0 Å². The molecule has 0 amide bonds. The van der Waals surface area contributed by atoms with Crippen molar-refractivity contribution in [1.29, 1.82) is 0 Å². The summed E-state index contributed by atoms with van der Waals surface area (Å²) in [4.78, 5) is 4.70. The minimum absolute atomic E-state index is 0.0125. The van der Waals surface area contributed by atoms with Gasteiger partial charge in [0.2, 0.25) is 0 Å². The summed E-state index contributed by atoms with van der Waals surface area (Å²) in [7, 11) is 0. The molecule has 482 valence electrons. The van der Waals surface area contributed by atoms with Gasteiger partial charge < -0.3 is 0 Å². The van der Waals surface area contributed by atoms with E-state index in [-0.39, 0.29) is 55.2 Å². The monoisotopic (exact) mass is 1270 g/mol. The zero-order chi connectivity index (χ0) is 68.2. The molecule has 0 saturated heterocycles. The van der Waals surface area contributed by atoms with Crippen molar-refractivity contribution in [3.63, 3.8) is 0 Å². The Hall–Kier alpha value is -7.46. The summed E-state index contributed by atoms with van der Waals surface area (Å²) >= 11 is 3.66. The summed E-state index contributed by atoms with van der Waals surface area (Å²) < 4.78 is 0. The topological polar surface area (TPSA) is 0 Å². The van der Waals surface area contributed by atoms with Crippen molar-refractivity contribution in [2.75, 3.05) is 0 Å². The Labute approximate surface area is 575 Å². The van der Waals surface area contributed by atoms with E-state index >= 15 is 0 Å². The molecule has 0 aliphatic heterocycles. The van der Waals surface area contributed by atoms with Crippen LogP contribution in [-0.4, -0.2) is 0 Å². The van der Waals surface area contributed by atoms with E-state index in [1.165, 1.54) is 121 Å². The van der Waals surface area contributed by atoms with Crippen molar-refractivity contribution in [1.82, 2.24) is 0 Å². The molecule has 94 heavy (non-hydrogen) atoms. The molecule has 3 aromatic rings. The highest BCUT2D eigenvalue weighted by atomic mass is 32.1. The van der Waals surface area contributed by atoms with Crippen molar-refractivity contribution < 1.29 is 0 Å². The Bertz CT molecular complexity index is 4090. The third kappa shape index (κ3) is 13.8. The maximum Gasteiger partial charge on any atom is 0.0775 e. The van der Waals surface area contributed by atoms with E-state index in [1.807, 2.05) is 22.7 Å². The molecule has 0 spiro atoms. The van der Waals surface area contributed by atoms with Gasteiger partial charge in [-0.15, -0.1) is 22.7 Å². The lowest BCUT2D eigenvalue weighted by Crippen LogP contribution is -2.11. The molecule has 2 aromatic heterocycles. The highest BCUT2D eigenvalue weighted by molar-refractivity contribution is 7.13. The third-order valence-corrected chi connectivity index (χ3v) is 21.6. The second-order valence-electron chi connectivity index (χ2n) is 35.2. The first-order valence-electron chi connectivity index (χ1n) is 34.3. The molecule has 0 radical (unpaired) electrons. The van der Waals surface area contributed by atoms with Gasteiger partial charge in [0.25, 0.3) is 0 Å². The van der Waals surface area contributed by atoms with Crippen LogP contribution >= 0.6 is 22.7 Å². The number of fused-ring (bicyclic) bond motifs is 4. The van der Waals surface area contributed by atoms with Gasteiger partial charge in [-0.25, -0.2) is 0 Å². The quantitative estimate of drug-likeness (QED) is 0.146. The lowest BCUT2D eigenvalue weighted by Gasteiger charge is -2.19. The van der Waals surface area contributed by atoms with Crippen LogP contribution in [0.3, 0.4) is 0 Å². The van der Waals surface area contributed by atoms with Gasteiger partial charge in [-0.05, 0) is 203 Å². The predicted octanol–water partition coefficient (Wildman–Crippen LogP) is 25.8. The number of thiophene rings is 2. The average Bonchev–Trinajstić information content (AvgIpc) is 1.59. The third-order valence-electron chi connectivity index (χ3n) is 19.5.